The second-order valence-electron chi connectivity index (χ2n) is 11.2. The quantitative estimate of drug-likeness (QED) is 0.160. The fourth-order valence-corrected chi connectivity index (χ4v) is 5.33. The van der Waals surface area contributed by atoms with E-state index in [9.17, 15) is 14.4 Å². The van der Waals surface area contributed by atoms with Crippen LogP contribution in [-0.2, 0) is 20.6 Å². The second-order valence-corrected chi connectivity index (χ2v) is 16.8. The van der Waals surface area contributed by atoms with Crippen molar-refractivity contribution in [3.05, 3.63) is 74.1 Å². The lowest BCUT2D eigenvalue weighted by Gasteiger charge is -2.20. The van der Waals surface area contributed by atoms with Crippen molar-refractivity contribution in [1.82, 2.24) is 0 Å². The number of carbonyl (C=O) groups excluding carboxylic acids is 2. The third-order valence-corrected chi connectivity index (χ3v) is 8.72. The van der Waals surface area contributed by atoms with Crippen LogP contribution in [0, 0.1) is 13.8 Å². The van der Waals surface area contributed by atoms with Crippen LogP contribution >= 0.6 is 0 Å². The monoisotopic (exact) mass is 580 g/mol. The summed E-state index contributed by atoms with van der Waals surface area (Å²) in [5.41, 5.74) is 2.73. The molecule has 218 valence electrons. The van der Waals surface area contributed by atoms with Crippen molar-refractivity contribution in [2.75, 3.05) is 34.4 Å². The van der Waals surface area contributed by atoms with Gasteiger partial charge < -0.3 is 28.1 Å². The van der Waals surface area contributed by atoms with Crippen molar-refractivity contribution in [2.24, 2.45) is 0 Å². The molecule has 0 saturated heterocycles. The van der Waals surface area contributed by atoms with E-state index in [0.717, 1.165) is 11.6 Å². The topological polar surface area (TPSA) is 110 Å². The lowest BCUT2D eigenvalue weighted by atomic mass is 9.86. The fraction of sp³-hybridized carbons (Fsp3) is 0.387. The second kappa shape index (κ2) is 12.4. The zero-order chi connectivity index (χ0) is 29.9. The maximum atomic E-state index is 14.0. The Morgan fingerprint density at radius 2 is 1.61 bits per heavy atom. The SMILES string of the molecule is COCOc1cc2c(cc1OCOC)C(=O)C(c1coc3cc(C)c(C)c(C(=O)OCC[Si](C)(C)C)c3c1=O)=CC2. The van der Waals surface area contributed by atoms with Gasteiger partial charge in [-0.2, -0.15) is 0 Å². The summed E-state index contributed by atoms with van der Waals surface area (Å²) in [5, 5.41) is 0.107. The summed E-state index contributed by atoms with van der Waals surface area (Å²) in [6.45, 7) is 10.4. The highest BCUT2D eigenvalue weighted by Crippen LogP contribution is 2.37. The van der Waals surface area contributed by atoms with E-state index >= 15 is 0 Å². The van der Waals surface area contributed by atoms with E-state index in [2.05, 4.69) is 19.6 Å². The van der Waals surface area contributed by atoms with E-state index in [1.807, 2.05) is 6.92 Å². The first-order valence-electron chi connectivity index (χ1n) is 13.3. The van der Waals surface area contributed by atoms with Crippen molar-refractivity contribution < 1.29 is 37.7 Å². The summed E-state index contributed by atoms with van der Waals surface area (Å²) in [7, 11) is 1.55. The predicted octanol–water partition coefficient (Wildman–Crippen LogP) is 5.69. The third kappa shape index (κ3) is 6.45. The Labute approximate surface area is 240 Å². The molecule has 10 heteroatoms. The van der Waals surface area contributed by atoms with Crippen LogP contribution in [0.2, 0.25) is 25.7 Å². The number of fused-ring (bicyclic) bond motifs is 2. The molecule has 0 amide bonds. The van der Waals surface area contributed by atoms with Crippen molar-refractivity contribution >= 4 is 36.4 Å². The first-order valence-corrected chi connectivity index (χ1v) is 17.1. The molecule has 1 aliphatic carbocycles. The summed E-state index contributed by atoms with van der Waals surface area (Å²) in [6.07, 6.45) is 3.33. The Bertz CT molecular complexity index is 1580. The first-order chi connectivity index (χ1) is 19.5. The third-order valence-electron chi connectivity index (χ3n) is 7.01. The molecule has 1 heterocycles. The number of allylic oxidation sites excluding steroid dienone is 2. The molecule has 0 fully saturated rings. The van der Waals surface area contributed by atoms with Gasteiger partial charge in [0.05, 0.1) is 23.1 Å². The molecule has 0 radical (unpaired) electrons. The van der Waals surface area contributed by atoms with E-state index in [0.29, 0.717) is 34.6 Å². The molecule has 0 unspecified atom stereocenters. The molecular formula is C31H36O9Si. The molecule has 2 aromatic carbocycles. The number of esters is 1. The predicted molar refractivity (Wildman–Crippen MR) is 158 cm³/mol. The standard InChI is InChI=1S/C31H36O9Si/c1-18-12-26-28(27(19(18)2)31(34)37-10-11-41(5,6)7)30(33)23(15-38-26)21-9-8-20-13-24(39-16-35-3)25(40-17-36-4)14-22(20)29(21)32/h9,12-15H,8,10-11,16-17H2,1-7H3. The van der Waals surface area contributed by atoms with Crippen LogP contribution in [0.25, 0.3) is 16.5 Å². The molecule has 1 aliphatic rings. The number of carbonyl (C=O) groups is 2. The molecule has 9 nitrogen and oxygen atoms in total. The fourth-order valence-electron chi connectivity index (χ4n) is 4.61. The summed E-state index contributed by atoms with van der Waals surface area (Å²) in [5.74, 6) is -0.240. The van der Waals surface area contributed by atoms with Crippen molar-refractivity contribution in [3.63, 3.8) is 0 Å². The van der Waals surface area contributed by atoms with Crippen LogP contribution in [-0.4, -0.2) is 54.2 Å². The number of Topliss-reactive ketones (excluding diaryl/α,β-unsaturated/α-hetero) is 1. The zero-order valence-corrected chi connectivity index (χ0v) is 25.6. The molecular weight excluding hydrogens is 544 g/mol. The molecule has 0 saturated carbocycles. The van der Waals surface area contributed by atoms with E-state index < -0.39 is 19.5 Å². The summed E-state index contributed by atoms with van der Waals surface area (Å²) in [4.78, 5) is 41.0. The number of benzene rings is 2. The lowest BCUT2D eigenvalue weighted by molar-refractivity contribution is 0.0321. The summed E-state index contributed by atoms with van der Waals surface area (Å²) in [6, 6.07) is 5.82. The van der Waals surface area contributed by atoms with Gasteiger partial charge in [0.25, 0.3) is 0 Å². The van der Waals surface area contributed by atoms with Gasteiger partial charge in [-0.05, 0) is 61.2 Å². The number of ketones is 1. The molecule has 0 aliphatic heterocycles. The number of aryl methyl sites for hydroxylation is 1. The van der Waals surface area contributed by atoms with Gasteiger partial charge in [0.2, 0.25) is 5.43 Å². The van der Waals surface area contributed by atoms with Gasteiger partial charge in [-0.25, -0.2) is 4.79 Å². The summed E-state index contributed by atoms with van der Waals surface area (Å²) >= 11 is 0. The number of methoxy groups -OCH3 is 2. The van der Waals surface area contributed by atoms with Crippen LogP contribution < -0.4 is 14.9 Å². The molecule has 0 bridgehead atoms. The van der Waals surface area contributed by atoms with Gasteiger partial charge in [0.1, 0.15) is 11.8 Å². The Morgan fingerprint density at radius 3 is 2.24 bits per heavy atom. The van der Waals surface area contributed by atoms with E-state index in [1.165, 1.54) is 20.5 Å². The van der Waals surface area contributed by atoms with Gasteiger partial charge in [-0.1, -0.05) is 25.7 Å². The molecule has 1 aromatic heterocycles. The van der Waals surface area contributed by atoms with Gasteiger partial charge >= 0.3 is 5.97 Å². The average Bonchev–Trinajstić information content (AvgIpc) is 2.92. The van der Waals surface area contributed by atoms with E-state index in [4.69, 9.17) is 28.1 Å². The van der Waals surface area contributed by atoms with Crippen molar-refractivity contribution in [3.8, 4) is 11.5 Å². The Balaban J connectivity index is 1.77. The minimum atomic E-state index is -1.44. The highest BCUT2D eigenvalue weighted by atomic mass is 28.3. The van der Waals surface area contributed by atoms with Gasteiger partial charge in [-0.3, -0.25) is 9.59 Å². The minimum absolute atomic E-state index is 0.00288. The number of hydrogen-bond donors (Lipinski definition) is 0. The highest BCUT2D eigenvalue weighted by molar-refractivity contribution is 6.76. The van der Waals surface area contributed by atoms with Gasteiger partial charge in [0, 0.05) is 33.4 Å². The molecule has 0 spiro atoms. The van der Waals surface area contributed by atoms with E-state index in [1.54, 1.807) is 31.2 Å². The first kappa shape index (κ1) is 30.2. The van der Waals surface area contributed by atoms with Crippen molar-refractivity contribution in [2.45, 2.75) is 46.0 Å². The molecule has 0 N–H and O–H groups in total. The lowest BCUT2D eigenvalue weighted by Crippen LogP contribution is -2.24. The van der Waals surface area contributed by atoms with Gasteiger partial charge in [0.15, 0.2) is 30.9 Å². The summed E-state index contributed by atoms with van der Waals surface area (Å²) < 4.78 is 32.8. The maximum absolute atomic E-state index is 14.0. The highest BCUT2D eigenvalue weighted by Gasteiger charge is 2.29. The van der Waals surface area contributed by atoms with Crippen LogP contribution in [0.15, 0.2) is 39.7 Å². The van der Waals surface area contributed by atoms with Gasteiger partial charge in [-0.15, -0.1) is 0 Å². The Morgan fingerprint density at radius 1 is 0.951 bits per heavy atom. The zero-order valence-electron chi connectivity index (χ0n) is 24.6. The maximum Gasteiger partial charge on any atom is 0.339 e. The number of rotatable bonds is 11. The van der Waals surface area contributed by atoms with E-state index in [-0.39, 0.29) is 53.6 Å². The number of hydrogen-bond acceptors (Lipinski definition) is 9. The largest absolute Gasteiger partial charge is 0.464 e. The smallest absolute Gasteiger partial charge is 0.339 e. The van der Waals surface area contributed by atoms with Crippen LogP contribution in [0.4, 0.5) is 0 Å². The van der Waals surface area contributed by atoms with Crippen LogP contribution in [0.5, 0.6) is 11.5 Å². The van der Waals surface area contributed by atoms with Crippen LogP contribution in [0.3, 0.4) is 0 Å². The molecule has 41 heavy (non-hydrogen) atoms. The normalized spacial score (nSPS) is 13.1. The molecule has 4 rings (SSSR count). The average molecular weight is 581 g/mol. The molecule has 3 aromatic rings. The van der Waals surface area contributed by atoms with Crippen LogP contribution in [0.1, 0.15) is 43.0 Å². The van der Waals surface area contributed by atoms with Crippen molar-refractivity contribution in [1.29, 1.82) is 0 Å². The Hall–Kier alpha value is -3.73. The number of ether oxygens (including phenoxy) is 5. The Kier molecular flexibility index (Phi) is 9.16. The molecule has 0 atom stereocenters. The minimum Gasteiger partial charge on any atom is -0.464 e.